The maximum absolute atomic E-state index is 13.1. The molecule has 0 aromatic heterocycles. The molecule has 0 saturated carbocycles. The summed E-state index contributed by atoms with van der Waals surface area (Å²) in [5.74, 6) is 0.446. The molecule has 1 fully saturated rings. The fraction of sp³-hybridized carbons (Fsp3) is 1.00. The zero-order valence-corrected chi connectivity index (χ0v) is 7.68. The smallest absolute Gasteiger partial charge is 0.113 e. The molecular formula is C9H18FNO. The Balaban J connectivity index is 2.11. The van der Waals surface area contributed by atoms with Gasteiger partial charge in [-0.3, -0.25) is 0 Å². The first-order chi connectivity index (χ1) is 5.83. The van der Waals surface area contributed by atoms with Crippen molar-refractivity contribution in [2.45, 2.75) is 25.4 Å². The number of ether oxygens (including phenoxy) is 1. The van der Waals surface area contributed by atoms with Gasteiger partial charge in [0.25, 0.3) is 0 Å². The molecule has 12 heavy (non-hydrogen) atoms. The lowest BCUT2D eigenvalue weighted by Gasteiger charge is -2.23. The molecule has 2 atom stereocenters. The Morgan fingerprint density at radius 2 is 2.50 bits per heavy atom. The van der Waals surface area contributed by atoms with Crippen LogP contribution in [0.1, 0.15) is 19.3 Å². The molecule has 1 N–H and O–H groups in total. The lowest BCUT2D eigenvalue weighted by molar-refractivity contribution is 0.0418. The Morgan fingerprint density at radius 3 is 3.08 bits per heavy atom. The van der Waals surface area contributed by atoms with Crippen LogP contribution in [0.5, 0.6) is 0 Å². The minimum Gasteiger partial charge on any atom is -0.381 e. The largest absolute Gasteiger partial charge is 0.381 e. The van der Waals surface area contributed by atoms with E-state index in [2.05, 4.69) is 5.32 Å². The van der Waals surface area contributed by atoms with E-state index in [1.807, 2.05) is 0 Å². The van der Waals surface area contributed by atoms with Crippen molar-refractivity contribution in [3.05, 3.63) is 0 Å². The fourth-order valence-electron chi connectivity index (χ4n) is 1.66. The molecule has 0 aromatic carbocycles. The average molecular weight is 175 g/mol. The quantitative estimate of drug-likeness (QED) is 0.696. The van der Waals surface area contributed by atoms with Crippen LogP contribution in [0.3, 0.4) is 0 Å². The van der Waals surface area contributed by atoms with Crippen LogP contribution in [0.2, 0.25) is 0 Å². The van der Waals surface area contributed by atoms with Gasteiger partial charge in [0.1, 0.15) is 6.17 Å². The monoisotopic (exact) mass is 175 g/mol. The molecular weight excluding hydrogens is 157 g/mol. The SMILES string of the molecule is CNC[C@@H](F)C[C@H]1CCCOC1. The van der Waals surface area contributed by atoms with E-state index < -0.39 is 6.17 Å². The van der Waals surface area contributed by atoms with E-state index in [0.29, 0.717) is 18.9 Å². The molecule has 0 aromatic rings. The topological polar surface area (TPSA) is 21.3 Å². The van der Waals surface area contributed by atoms with E-state index in [0.717, 1.165) is 26.1 Å². The molecule has 1 saturated heterocycles. The third kappa shape index (κ3) is 3.50. The van der Waals surface area contributed by atoms with Gasteiger partial charge in [-0.15, -0.1) is 0 Å². The minimum absolute atomic E-state index is 0.446. The van der Waals surface area contributed by atoms with Crippen LogP contribution < -0.4 is 5.32 Å². The first-order valence-corrected chi connectivity index (χ1v) is 4.69. The highest BCUT2D eigenvalue weighted by Crippen LogP contribution is 2.19. The maximum Gasteiger partial charge on any atom is 0.113 e. The van der Waals surface area contributed by atoms with Gasteiger partial charge >= 0.3 is 0 Å². The van der Waals surface area contributed by atoms with E-state index >= 15 is 0 Å². The molecule has 1 aliphatic heterocycles. The van der Waals surface area contributed by atoms with Crippen molar-refractivity contribution in [2.75, 3.05) is 26.8 Å². The summed E-state index contributed by atoms with van der Waals surface area (Å²) in [6.07, 6.45) is 2.17. The molecule has 0 bridgehead atoms. The third-order valence-electron chi connectivity index (χ3n) is 2.27. The molecule has 72 valence electrons. The van der Waals surface area contributed by atoms with Crippen molar-refractivity contribution in [2.24, 2.45) is 5.92 Å². The van der Waals surface area contributed by atoms with Crippen LogP contribution in [0.4, 0.5) is 4.39 Å². The molecule has 0 radical (unpaired) electrons. The highest BCUT2D eigenvalue weighted by molar-refractivity contribution is 4.69. The second kappa shape index (κ2) is 5.49. The summed E-state index contributed by atoms with van der Waals surface area (Å²) in [5.41, 5.74) is 0. The standard InChI is InChI=1S/C9H18FNO/c1-11-6-9(10)5-8-3-2-4-12-7-8/h8-9,11H,2-7H2,1H3/t8-,9+/m1/s1. The van der Waals surface area contributed by atoms with Crippen molar-refractivity contribution in [1.29, 1.82) is 0 Å². The van der Waals surface area contributed by atoms with Crippen LogP contribution >= 0.6 is 0 Å². The highest BCUT2D eigenvalue weighted by Gasteiger charge is 2.18. The van der Waals surface area contributed by atoms with Gasteiger partial charge in [-0.25, -0.2) is 4.39 Å². The molecule has 0 aliphatic carbocycles. The van der Waals surface area contributed by atoms with Crippen LogP contribution in [0.25, 0.3) is 0 Å². The summed E-state index contributed by atoms with van der Waals surface area (Å²) in [6, 6.07) is 0. The van der Waals surface area contributed by atoms with E-state index in [-0.39, 0.29) is 0 Å². The van der Waals surface area contributed by atoms with Crippen LogP contribution in [-0.4, -0.2) is 33.0 Å². The number of rotatable bonds is 4. The Bertz CT molecular complexity index is 115. The van der Waals surface area contributed by atoms with Gasteiger partial charge in [-0.1, -0.05) is 0 Å². The first-order valence-electron chi connectivity index (χ1n) is 4.69. The zero-order chi connectivity index (χ0) is 8.81. The summed E-state index contributed by atoms with van der Waals surface area (Å²) in [5, 5.41) is 2.84. The lowest BCUT2D eigenvalue weighted by Crippen LogP contribution is -2.26. The van der Waals surface area contributed by atoms with Gasteiger partial charge in [-0.05, 0) is 32.2 Å². The molecule has 0 spiro atoms. The highest BCUT2D eigenvalue weighted by atomic mass is 19.1. The second-order valence-electron chi connectivity index (χ2n) is 3.47. The van der Waals surface area contributed by atoms with Crippen molar-refractivity contribution in [3.8, 4) is 0 Å². The molecule has 2 nitrogen and oxygen atoms in total. The van der Waals surface area contributed by atoms with E-state index in [1.165, 1.54) is 0 Å². The van der Waals surface area contributed by atoms with Gasteiger partial charge < -0.3 is 10.1 Å². The van der Waals surface area contributed by atoms with Gasteiger partial charge in [-0.2, -0.15) is 0 Å². The van der Waals surface area contributed by atoms with Crippen LogP contribution in [0, 0.1) is 5.92 Å². The second-order valence-corrected chi connectivity index (χ2v) is 3.47. The molecule has 3 heteroatoms. The van der Waals surface area contributed by atoms with Gasteiger partial charge in [0.2, 0.25) is 0 Å². The molecule has 1 heterocycles. The van der Waals surface area contributed by atoms with Crippen molar-refractivity contribution < 1.29 is 9.13 Å². The summed E-state index contributed by atoms with van der Waals surface area (Å²) < 4.78 is 18.3. The Morgan fingerprint density at radius 1 is 1.67 bits per heavy atom. The summed E-state index contributed by atoms with van der Waals surface area (Å²) in [7, 11) is 1.78. The zero-order valence-electron chi connectivity index (χ0n) is 7.68. The van der Waals surface area contributed by atoms with E-state index in [9.17, 15) is 4.39 Å². The lowest BCUT2D eigenvalue weighted by atomic mass is 9.96. The average Bonchev–Trinajstić information content (AvgIpc) is 2.06. The normalized spacial score (nSPS) is 27.0. The molecule has 0 amide bonds. The molecule has 1 aliphatic rings. The summed E-state index contributed by atoms with van der Waals surface area (Å²) >= 11 is 0. The first kappa shape index (κ1) is 9.93. The number of halogens is 1. The number of hydrogen-bond donors (Lipinski definition) is 1. The number of hydrogen-bond acceptors (Lipinski definition) is 2. The third-order valence-corrected chi connectivity index (χ3v) is 2.27. The van der Waals surface area contributed by atoms with E-state index in [1.54, 1.807) is 7.05 Å². The predicted molar refractivity (Wildman–Crippen MR) is 47.0 cm³/mol. The Hall–Kier alpha value is -0.150. The summed E-state index contributed by atoms with van der Waals surface area (Å²) in [6.45, 7) is 2.08. The van der Waals surface area contributed by atoms with Crippen LogP contribution in [0.15, 0.2) is 0 Å². The van der Waals surface area contributed by atoms with Crippen LogP contribution in [-0.2, 0) is 4.74 Å². The molecule has 0 unspecified atom stereocenters. The van der Waals surface area contributed by atoms with Gasteiger partial charge in [0.15, 0.2) is 0 Å². The van der Waals surface area contributed by atoms with Gasteiger partial charge in [0.05, 0.1) is 0 Å². The maximum atomic E-state index is 13.1. The van der Waals surface area contributed by atoms with E-state index in [4.69, 9.17) is 4.74 Å². The van der Waals surface area contributed by atoms with Crippen molar-refractivity contribution in [1.82, 2.24) is 5.32 Å². The fourth-order valence-corrected chi connectivity index (χ4v) is 1.66. The van der Waals surface area contributed by atoms with Crippen molar-refractivity contribution >= 4 is 0 Å². The predicted octanol–water partition coefficient (Wildman–Crippen LogP) is 1.36. The molecule has 1 rings (SSSR count). The van der Waals surface area contributed by atoms with Gasteiger partial charge in [0, 0.05) is 19.8 Å². The number of nitrogens with one attached hydrogen (secondary N) is 1. The minimum atomic E-state index is -0.707. The summed E-state index contributed by atoms with van der Waals surface area (Å²) in [4.78, 5) is 0. The Kier molecular flexibility index (Phi) is 4.54. The van der Waals surface area contributed by atoms with Crippen molar-refractivity contribution in [3.63, 3.8) is 0 Å². The number of alkyl halides is 1. The Labute approximate surface area is 73.5 Å².